The first-order chi connectivity index (χ1) is 9.19. The normalized spacial score (nSPS) is 32.5. The van der Waals surface area contributed by atoms with E-state index >= 15 is 0 Å². The number of rotatable bonds is 3. The summed E-state index contributed by atoms with van der Waals surface area (Å²) in [7, 11) is 0. The molecule has 1 heterocycles. The van der Waals surface area contributed by atoms with Gasteiger partial charge in [-0.15, -0.1) is 0 Å². The van der Waals surface area contributed by atoms with Crippen LogP contribution in [0.25, 0.3) is 0 Å². The summed E-state index contributed by atoms with van der Waals surface area (Å²) in [5, 5.41) is 10.8. The van der Waals surface area contributed by atoms with Gasteiger partial charge in [0.1, 0.15) is 0 Å². The summed E-state index contributed by atoms with van der Waals surface area (Å²) in [6.07, 6.45) is 2.00. The zero-order valence-electron chi connectivity index (χ0n) is 11.0. The van der Waals surface area contributed by atoms with Gasteiger partial charge in [-0.2, -0.15) is 0 Å². The number of nitrogens with two attached hydrogens (primary N) is 1. The molecule has 4 heteroatoms. The second-order valence-electron chi connectivity index (χ2n) is 5.83. The molecule has 1 saturated heterocycles. The predicted octanol–water partition coefficient (Wildman–Crippen LogP) is 2.04. The third-order valence-electron chi connectivity index (χ3n) is 4.74. The lowest BCUT2D eigenvalue weighted by atomic mass is 10.00. The number of aliphatic hydroxyl groups is 1. The fourth-order valence-electron chi connectivity index (χ4n) is 3.74. The van der Waals surface area contributed by atoms with E-state index in [1.165, 1.54) is 5.56 Å². The standard InChI is InChI=1S/C15H21ClN2O/c16-12-3-1-2-10(6-12)14(7-17)18-8-11-4-5-15(19)13(11)9-18/h1-3,6,11,13-15,19H,4-5,7-9,17H2. The van der Waals surface area contributed by atoms with Crippen molar-refractivity contribution in [3.05, 3.63) is 34.9 Å². The SMILES string of the molecule is NCC(c1cccc(Cl)c1)N1CC2CCC(O)C2C1. The van der Waals surface area contributed by atoms with Crippen LogP contribution in [-0.4, -0.2) is 35.7 Å². The van der Waals surface area contributed by atoms with E-state index in [-0.39, 0.29) is 12.1 Å². The number of fused-ring (bicyclic) bond motifs is 1. The molecule has 19 heavy (non-hydrogen) atoms. The van der Waals surface area contributed by atoms with Gasteiger partial charge in [-0.25, -0.2) is 0 Å². The Labute approximate surface area is 119 Å². The molecule has 3 N–H and O–H groups in total. The van der Waals surface area contributed by atoms with Gasteiger partial charge in [-0.3, -0.25) is 4.90 Å². The topological polar surface area (TPSA) is 49.5 Å². The maximum Gasteiger partial charge on any atom is 0.0583 e. The molecule has 4 atom stereocenters. The van der Waals surface area contributed by atoms with Crippen LogP contribution in [0.5, 0.6) is 0 Å². The summed E-state index contributed by atoms with van der Waals surface area (Å²) in [4.78, 5) is 2.42. The second kappa shape index (κ2) is 5.41. The Kier molecular flexibility index (Phi) is 3.81. The number of hydrogen-bond acceptors (Lipinski definition) is 3. The Morgan fingerprint density at radius 3 is 2.89 bits per heavy atom. The van der Waals surface area contributed by atoms with Gasteiger partial charge in [-0.05, 0) is 36.5 Å². The average Bonchev–Trinajstić information content (AvgIpc) is 2.94. The summed E-state index contributed by atoms with van der Waals surface area (Å²) in [6, 6.07) is 8.18. The van der Waals surface area contributed by atoms with Gasteiger partial charge in [-0.1, -0.05) is 23.7 Å². The Bertz CT molecular complexity index is 454. The molecule has 4 unspecified atom stereocenters. The van der Waals surface area contributed by atoms with Crippen molar-refractivity contribution < 1.29 is 5.11 Å². The summed E-state index contributed by atoms with van der Waals surface area (Å²) in [5.74, 6) is 1.08. The predicted molar refractivity (Wildman–Crippen MR) is 77.0 cm³/mol. The van der Waals surface area contributed by atoms with Crippen molar-refractivity contribution in [3.8, 4) is 0 Å². The monoisotopic (exact) mass is 280 g/mol. The highest BCUT2D eigenvalue weighted by Crippen LogP contribution is 2.41. The quantitative estimate of drug-likeness (QED) is 0.891. The van der Waals surface area contributed by atoms with E-state index in [2.05, 4.69) is 11.0 Å². The van der Waals surface area contributed by atoms with E-state index in [0.717, 1.165) is 31.0 Å². The van der Waals surface area contributed by atoms with Gasteiger partial charge in [0.2, 0.25) is 0 Å². The van der Waals surface area contributed by atoms with Crippen LogP contribution in [0.1, 0.15) is 24.4 Å². The van der Waals surface area contributed by atoms with Crippen LogP contribution in [0.3, 0.4) is 0 Å². The molecular formula is C15H21ClN2O. The lowest BCUT2D eigenvalue weighted by molar-refractivity contribution is 0.118. The molecule has 0 bridgehead atoms. The second-order valence-corrected chi connectivity index (χ2v) is 6.27. The molecule has 1 aromatic carbocycles. The molecule has 1 aliphatic carbocycles. The van der Waals surface area contributed by atoms with Crippen molar-refractivity contribution in [3.63, 3.8) is 0 Å². The molecule has 2 fully saturated rings. The van der Waals surface area contributed by atoms with E-state index in [4.69, 9.17) is 17.3 Å². The third kappa shape index (κ3) is 2.52. The Morgan fingerprint density at radius 2 is 2.21 bits per heavy atom. The molecule has 1 aliphatic heterocycles. The van der Waals surface area contributed by atoms with Crippen molar-refractivity contribution in [2.75, 3.05) is 19.6 Å². The van der Waals surface area contributed by atoms with E-state index in [1.807, 2.05) is 18.2 Å². The molecular weight excluding hydrogens is 260 g/mol. The van der Waals surface area contributed by atoms with Gasteiger partial charge in [0.15, 0.2) is 0 Å². The Balaban J connectivity index is 1.77. The summed E-state index contributed by atoms with van der Waals surface area (Å²) >= 11 is 6.07. The first kappa shape index (κ1) is 13.4. The lowest BCUT2D eigenvalue weighted by Crippen LogP contribution is -2.33. The van der Waals surface area contributed by atoms with Crippen LogP contribution in [0, 0.1) is 11.8 Å². The summed E-state index contributed by atoms with van der Waals surface area (Å²) in [5.41, 5.74) is 7.16. The zero-order valence-corrected chi connectivity index (χ0v) is 11.8. The lowest BCUT2D eigenvalue weighted by Gasteiger charge is -2.28. The van der Waals surface area contributed by atoms with Crippen molar-refractivity contribution >= 4 is 11.6 Å². The highest BCUT2D eigenvalue weighted by Gasteiger charge is 2.43. The van der Waals surface area contributed by atoms with Gasteiger partial charge >= 0.3 is 0 Å². The van der Waals surface area contributed by atoms with Crippen LogP contribution < -0.4 is 5.73 Å². The smallest absolute Gasteiger partial charge is 0.0583 e. The Hall–Kier alpha value is -0.610. The number of halogens is 1. The Morgan fingerprint density at radius 1 is 1.37 bits per heavy atom. The highest BCUT2D eigenvalue weighted by atomic mass is 35.5. The van der Waals surface area contributed by atoms with Crippen LogP contribution in [0.2, 0.25) is 5.02 Å². The third-order valence-corrected chi connectivity index (χ3v) is 4.98. The molecule has 0 aromatic heterocycles. The molecule has 0 radical (unpaired) electrons. The molecule has 1 saturated carbocycles. The number of hydrogen-bond donors (Lipinski definition) is 2. The minimum atomic E-state index is -0.118. The van der Waals surface area contributed by atoms with E-state index in [9.17, 15) is 5.11 Å². The zero-order chi connectivity index (χ0) is 13.4. The molecule has 0 amide bonds. The number of benzene rings is 1. The van der Waals surface area contributed by atoms with Gasteiger partial charge in [0, 0.05) is 36.6 Å². The largest absolute Gasteiger partial charge is 0.393 e. The molecule has 3 nitrogen and oxygen atoms in total. The van der Waals surface area contributed by atoms with Crippen molar-refractivity contribution in [1.82, 2.24) is 4.90 Å². The number of likely N-dealkylation sites (tertiary alicyclic amines) is 1. The first-order valence-electron chi connectivity index (χ1n) is 7.06. The van der Waals surface area contributed by atoms with Crippen molar-refractivity contribution in [1.29, 1.82) is 0 Å². The molecule has 2 aliphatic rings. The molecule has 0 spiro atoms. The van der Waals surface area contributed by atoms with Crippen molar-refractivity contribution in [2.24, 2.45) is 17.6 Å². The number of aliphatic hydroxyl groups excluding tert-OH is 1. The fourth-order valence-corrected chi connectivity index (χ4v) is 3.93. The summed E-state index contributed by atoms with van der Waals surface area (Å²) in [6.45, 7) is 2.60. The van der Waals surface area contributed by atoms with E-state index < -0.39 is 0 Å². The van der Waals surface area contributed by atoms with Crippen LogP contribution in [0.4, 0.5) is 0 Å². The minimum Gasteiger partial charge on any atom is -0.393 e. The van der Waals surface area contributed by atoms with Gasteiger partial charge in [0.05, 0.1) is 6.10 Å². The average molecular weight is 281 g/mol. The van der Waals surface area contributed by atoms with Crippen molar-refractivity contribution in [2.45, 2.75) is 25.0 Å². The maximum absolute atomic E-state index is 10.0. The molecule has 1 aromatic rings. The highest BCUT2D eigenvalue weighted by molar-refractivity contribution is 6.30. The van der Waals surface area contributed by atoms with E-state index in [1.54, 1.807) is 0 Å². The molecule has 3 rings (SSSR count). The van der Waals surface area contributed by atoms with Gasteiger partial charge in [0.25, 0.3) is 0 Å². The first-order valence-corrected chi connectivity index (χ1v) is 7.44. The van der Waals surface area contributed by atoms with Crippen LogP contribution in [-0.2, 0) is 0 Å². The maximum atomic E-state index is 10.0. The minimum absolute atomic E-state index is 0.118. The van der Waals surface area contributed by atoms with Crippen LogP contribution in [0.15, 0.2) is 24.3 Å². The fraction of sp³-hybridized carbons (Fsp3) is 0.600. The summed E-state index contributed by atoms with van der Waals surface area (Å²) < 4.78 is 0. The number of nitrogens with zero attached hydrogens (tertiary/aromatic N) is 1. The van der Waals surface area contributed by atoms with Crippen LogP contribution >= 0.6 is 11.6 Å². The molecule has 104 valence electrons. The van der Waals surface area contributed by atoms with Gasteiger partial charge < -0.3 is 10.8 Å². The van der Waals surface area contributed by atoms with E-state index in [0.29, 0.717) is 18.4 Å².